The maximum absolute atomic E-state index is 12.7. The lowest BCUT2D eigenvalue weighted by Gasteiger charge is -2.22. The van der Waals surface area contributed by atoms with Gasteiger partial charge < -0.3 is 20.5 Å². The zero-order valence-corrected chi connectivity index (χ0v) is 20.1. The average Bonchev–Trinajstić information content (AvgIpc) is 2.74. The quantitative estimate of drug-likeness (QED) is 0.365. The van der Waals surface area contributed by atoms with Gasteiger partial charge in [-0.15, -0.1) is 0 Å². The van der Waals surface area contributed by atoms with Gasteiger partial charge in [0.25, 0.3) is 0 Å². The largest absolute Gasteiger partial charge is 0.508 e. The molecule has 1 atom stereocenters. The van der Waals surface area contributed by atoms with Crippen LogP contribution in [0.5, 0.6) is 5.75 Å². The van der Waals surface area contributed by atoms with E-state index in [1.165, 1.54) is 38.2 Å². The molecule has 1 fully saturated rings. The molecule has 0 unspecified atom stereocenters. The van der Waals surface area contributed by atoms with Crippen molar-refractivity contribution in [2.24, 2.45) is 5.92 Å². The van der Waals surface area contributed by atoms with Crippen molar-refractivity contribution in [2.75, 3.05) is 6.54 Å². The van der Waals surface area contributed by atoms with Gasteiger partial charge in [0, 0.05) is 6.54 Å². The molecule has 7 nitrogen and oxygen atoms in total. The summed E-state index contributed by atoms with van der Waals surface area (Å²) in [5.41, 5.74) is 0.271. The van der Waals surface area contributed by atoms with Crippen LogP contribution in [-0.4, -0.2) is 41.1 Å². The Kier molecular flexibility index (Phi) is 10.4. The molecule has 2 rings (SSSR count). The summed E-state index contributed by atoms with van der Waals surface area (Å²) in [6.07, 6.45) is 10.6. The highest BCUT2D eigenvalue weighted by atomic mass is 16.6. The molecule has 1 aromatic carbocycles. The normalized spacial score (nSPS) is 15.7. The fourth-order valence-corrected chi connectivity index (χ4v) is 3.89. The molecule has 0 heterocycles. The van der Waals surface area contributed by atoms with Gasteiger partial charge in [0.15, 0.2) is 0 Å². The molecular formula is C26H38N2O5. The number of hydrogen-bond acceptors (Lipinski definition) is 5. The van der Waals surface area contributed by atoms with E-state index in [1.54, 1.807) is 45.0 Å². The summed E-state index contributed by atoms with van der Waals surface area (Å²) in [7, 11) is 0. The van der Waals surface area contributed by atoms with Crippen LogP contribution >= 0.6 is 0 Å². The van der Waals surface area contributed by atoms with Crippen LogP contribution in [0.15, 0.2) is 36.4 Å². The molecule has 182 valence electrons. The van der Waals surface area contributed by atoms with E-state index in [0.717, 1.165) is 12.0 Å². The number of carbonyl (C=O) groups excluding carboxylic acids is 3. The molecule has 1 saturated carbocycles. The Hall–Kier alpha value is -2.83. The van der Waals surface area contributed by atoms with Gasteiger partial charge in [-0.2, -0.15) is 0 Å². The number of nitrogens with one attached hydrogen (secondary N) is 2. The maximum atomic E-state index is 12.7. The van der Waals surface area contributed by atoms with Gasteiger partial charge in [-0.05, 0) is 63.3 Å². The van der Waals surface area contributed by atoms with Crippen molar-refractivity contribution in [2.45, 2.75) is 83.8 Å². The molecular weight excluding hydrogens is 420 g/mol. The summed E-state index contributed by atoms with van der Waals surface area (Å²) in [6, 6.07) is 5.70. The Balaban J connectivity index is 1.91. The van der Waals surface area contributed by atoms with Crippen molar-refractivity contribution >= 4 is 17.8 Å². The van der Waals surface area contributed by atoms with Crippen LogP contribution < -0.4 is 10.6 Å². The predicted octanol–water partition coefficient (Wildman–Crippen LogP) is 3.79. The molecule has 0 bridgehead atoms. The third kappa shape index (κ3) is 11.0. The summed E-state index contributed by atoms with van der Waals surface area (Å²) >= 11 is 0. The van der Waals surface area contributed by atoms with Crippen LogP contribution in [0.2, 0.25) is 0 Å². The lowest BCUT2D eigenvalue weighted by Crippen LogP contribution is -2.48. The first kappa shape index (κ1) is 26.4. The van der Waals surface area contributed by atoms with Gasteiger partial charge in [-0.25, -0.2) is 0 Å². The van der Waals surface area contributed by atoms with Crippen molar-refractivity contribution in [3.8, 4) is 5.75 Å². The number of rotatable bonds is 10. The lowest BCUT2D eigenvalue weighted by atomic mass is 9.87. The van der Waals surface area contributed by atoms with E-state index in [4.69, 9.17) is 4.74 Å². The fourth-order valence-electron chi connectivity index (χ4n) is 3.89. The van der Waals surface area contributed by atoms with E-state index in [2.05, 4.69) is 10.6 Å². The van der Waals surface area contributed by atoms with Crippen LogP contribution in [0.25, 0.3) is 0 Å². The molecule has 3 N–H and O–H groups in total. The summed E-state index contributed by atoms with van der Waals surface area (Å²) in [4.78, 5) is 37.5. The molecule has 1 aliphatic rings. The zero-order valence-electron chi connectivity index (χ0n) is 20.1. The van der Waals surface area contributed by atoms with Crippen LogP contribution in [0, 0.1) is 5.92 Å². The monoisotopic (exact) mass is 458 g/mol. The first-order valence-electron chi connectivity index (χ1n) is 11.9. The van der Waals surface area contributed by atoms with Gasteiger partial charge in [0.2, 0.25) is 11.8 Å². The minimum Gasteiger partial charge on any atom is -0.508 e. The van der Waals surface area contributed by atoms with Gasteiger partial charge >= 0.3 is 5.97 Å². The molecule has 0 aromatic heterocycles. The van der Waals surface area contributed by atoms with E-state index in [0.29, 0.717) is 18.9 Å². The van der Waals surface area contributed by atoms with E-state index in [1.807, 2.05) is 6.08 Å². The number of phenolic OH excluding ortho intramolecular Hbond substituents is 1. The number of esters is 1. The van der Waals surface area contributed by atoms with E-state index in [9.17, 15) is 19.5 Å². The highest BCUT2D eigenvalue weighted by molar-refractivity contribution is 5.94. The maximum Gasteiger partial charge on any atom is 0.308 e. The number of carbonyl (C=O) groups is 3. The van der Waals surface area contributed by atoms with Crippen molar-refractivity contribution in [1.82, 2.24) is 10.6 Å². The molecule has 0 radical (unpaired) electrons. The third-order valence-electron chi connectivity index (χ3n) is 5.54. The lowest BCUT2D eigenvalue weighted by molar-refractivity contribution is -0.156. The van der Waals surface area contributed by atoms with Crippen molar-refractivity contribution in [1.29, 1.82) is 0 Å². The number of amides is 2. The molecule has 0 saturated heterocycles. The van der Waals surface area contributed by atoms with Gasteiger partial charge in [0.1, 0.15) is 17.4 Å². The molecule has 1 aromatic rings. The van der Waals surface area contributed by atoms with Crippen molar-refractivity contribution < 1.29 is 24.2 Å². The van der Waals surface area contributed by atoms with Crippen LogP contribution in [-0.2, 0) is 25.5 Å². The first-order chi connectivity index (χ1) is 15.6. The second-order valence-electron chi connectivity index (χ2n) is 9.70. The number of benzene rings is 1. The highest BCUT2D eigenvalue weighted by Crippen LogP contribution is 2.26. The van der Waals surface area contributed by atoms with Crippen molar-refractivity contribution in [3.63, 3.8) is 0 Å². The van der Waals surface area contributed by atoms with Crippen LogP contribution in [0.1, 0.15) is 71.3 Å². The average molecular weight is 459 g/mol. The first-order valence-corrected chi connectivity index (χ1v) is 11.9. The standard InChI is InChI=1S/C26H38N2O5/c1-26(2,3)33-24(31)18-22(25(32)27-17-16-20-12-14-21(29)15-13-20)28-23(30)11-7-10-19-8-5-4-6-9-19/h7,11-15,19,22,29H,4-6,8-10,16-18H2,1-3H3,(H,27,32)(H,28,30)/b11-7+/t22-/m1/s1. The zero-order chi connectivity index (χ0) is 24.3. The Bertz CT molecular complexity index is 805. The second-order valence-corrected chi connectivity index (χ2v) is 9.70. The van der Waals surface area contributed by atoms with E-state index in [-0.39, 0.29) is 12.2 Å². The Labute approximate surface area is 197 Å². The number of allylic oxidation sites excluding steroid dienone is 1. The van der Waals surface area contributed by atoms with Crippen LogP contribution in [0.4, 0.5) is 0 Å². The van der Waals surface area contributed by atoms with E-state index < -0.39 is 29.4 Å². The number of hydrogen-bond donors (Lipinski definition) is 3. The topological polar surface area (TPSA) is 105 Å². The second kappa shape index (κ2) is 13.0. The van der Waals surface area contributed by atoms with Crippen molar-refractivity contribution in [3.05, 3.63) is 42.0 Å². The molecule has 0 aliphatic heterocycles. The Morgan fingerprint density at radius 1 is 1.12 bits per heavy atom. The summed E-state index contributed by atoms with van der Waals surface area (Å²) in [6.45, 7) is 5.60. The van der Waals surface area contributed by atoms with Gasteiger partial charge in [-0.1, -0.05) is 50.3 Å². The van der Waals surface area contributed by atoms with Crippen LogP contribution in [0.3, 0.4) is 0 Å². The number of aromatic hydroxyl groups is 1. The Morgan fingerprint density at radius 3 is 2.42 bits per heavy atom. The summed E-state index contributed by atoms with van der Waals surface area (Å²) in [5, 5.41) is 14.8. The minimum atomic E-state index is -1.02. The molecule has 7 heteroatoms. The summed E-state index contributed by atoms with van der Waals surface area (Å²) < 4.78 is 5.33. The minimum absolute atomic E-state index is 0.180. The van der Waals surface area contributed by atoms with Gasteiger partial charge in [0.05, 0.1) is 6.42 Å². The fraction of sp³-hybridized carbons (Fsp3) is 0.577. The predicted molar refractivity (Wildman–Crippen MR) is 128 cm³/mol. The molecule has 1 aliphatic carbocycles. The smallest absolute Gasteiger partial charge is 0.308 e. The van der Waals surface area contributed by atoms with Gasteiger partial charge in [-0.3, -0.25) is 14.4 Å². The molecule has 33 heavy (non-hydrogen) atoms. The number of ether oxygens (including phenoxy) is 1. The Morgan fingerprint density at radius 2 is 1.79 bits per heavy atom. The SMILES string of the molecule is CC(C)(C)OC(=O)C[C@@H](NC(=O)/C=C/CC1CCCCC1)C(=O)NCCc1ccc(O)cc1. The molecule has 0 spiro atoms. The summed E-state index contributed by atoms with van der Waals surface area (Å²) in [5.74, 6) is -0.586. The van der Waals surface area contributed by atoms with E-state index >= 15 is 0 Å². The third-order valence-corrected chi connectivity index (χ3v) is 5.54. The molecule has 2 amide bonds. The highest BCUT2D eigenvalue weighted by Gasteiger charge is 2.26. The number of phenols is 1.